The minimum absolute atomic E-state index is 0.0283. The van der Waals surface area contributed by atoms with Crippen molar-refractivity contribution in [3.63, 3.8) is 0 Å². The van der Waals surface area contributed by atoms with Crippen LogP contribution in [-0.2, 0) is 16.1 Å². The van der Waals surface area contributed by atoms with Gasteiger partial charge in [-0.3, -0.25) is 9.59 Å². The van der Waals surface area contributed by atoms with Crippen molar-refractivity contribution >= 4 is 17.8 Å². The Kier molecular flexibility index (Phi) is 14.2. The monoisotopic (exact) mass is 663 g/mol. The molecule has 0 saturated heterocycles. The number of carbonyl (C=O) groups excluding carboxylic acids is 3. The van der Waals surface area contributed by atoms with E-state index in [1.54, 1.807) is 12.1 Å². The van der Waals surface area contributed by atoms with E-state index in [0.29, 0.717) is 30.7 Å². The molecule has 8 nitrogen and oxygen atoms in total. The van der Waals surface area contributed by atoms with Crippen LogP contribution in [0.1, 0.15) is 93.6 Å². The van der Waals surface area contributed by atoms with Crippen molar-refractivity contribution in [3.05, 3.63) is 71.3 Å². The van der Waals surface area contributed by atoms with Crippen LogP contribution in [0, 0.1) is 29.6 Å². The highest BCUT2D eigenvalue weighted by Gasteiger charge is 2.42. The molecular weight excluding hydrogens is 600 g/mol. The molecule has 266 valence electrons. The molecule has 0 aliphatic heterocycles. The number of nitrogens with zero attached hydrogens (tertiary/aromatic N) is 2. The zero-order chi connectivity index (χ0) is 35.6. The number of rotatable bonds is 19. The van der Waals surface area contributed by atoms with E-state index >= 15 is 0 Å². The third-order valence-corrected chi connectivity index (χ3v) is 11.2. The van der Waals surface area contributed by atoms with Crippen LogP contribution in [0.3, 0.4) is 0 Å². The molecule has 48 heavy (non-hydrogen) atoms. The van der Waals surface area contributed by atoms with Crippen molar-refractivity contribution in [1.29, 1.82) is 0 Å². The third kappa shape index (κ3) is 11.4. The lowest BCUT2D eigenvalue weighted by molar-refractivity contribution is -0.901. The highest BCUT2D eigenvalue weighted by atomic mass is 16.4. The topological polar surface area (TPSA) is 112 Å². The number of carboxylic acid groups (broad SMARTS) is 1. The maximum absolute atomic E-state index is 13.2. The van der Waals surface area contributed by atoms with Gasteiger partial charge in [0.1, 0.15) is 6.54 Å². The van der Waals surface area contributed by atoms with Crippen LogP contribution < -0.4 is 16.2 Å². The molecule has 0 bridgehead atoms. The van der Waals surface area contributed by atoms with Gasteiger partial charge >= 0.3 is 0 Å². The fraction of sp³-hybridized carbons (Fsp3) is 0.625. The van der Waals surface area contributed by atoms with E-state index in [0.717, 1.165) is 48.0 Å². The summed E-state index contributed by atoms with van der Waals surface area (Å²) in [4.78, 5) is 38.3. The number of hydrogen-bond acceptors (Lipinski definition) is 4. The lowest BCUT2D eigenvalue weighted by Gasteiger charge is -2.35. The number of hydrogen-bond donors (Lipinski definition) is 2. The number of benzene rings is 2. The molecule has 7 unspecified atom stereocenters. The van der Waals surface area contributed by atoms with Gasteiger partial charge in [0.25, 0.3) is 5.91 Å². The summed E-state index contributed by atoms with van der Waals surface area (Å²) in [6.07, 6.45) is 3.65. The Labute approximate surface area is 290 Å². The molecule has 0 aromatic heterocycles. The SMILES string of the molecule is CCC(CC(C(=O)[O-])C1CC(NC(=O)c2ccccc2)CC1CC(CC(C)C[N+](C)(C)CC)c1ccc(C[N+](C)(C)CC)cc1)C(N)=O. The van der Waals surface area contributed by atoms with Crippen molar-refractivity contribution in [2.24, 2.45) is 35.3 Å². The number of carboxylic acids is 1. The van der Waals surface area contributed by atoms with Gasteiger partial charge in [-0.1, -0.05) is 56.3 Å². The molecule has 8 heteroatoms. The van der Waals surface area contributed by atoms with Gasteiger partial charge in [-0.05, 0) is 87.8 Å². The van der Waals surface area contributed by atoms with Crippen LogP contribution in [0.2, 0.25) is 0 Å². The first-order valence-electron chi connectivity index (χ1n) is 18.2. The standard InChI is InChI=1S/C40H62N4O4/c1-9-30(38(41)45)24-37(40(47)48)36-25-35(42-39(46)32-15-13-12-14-16-32)23-34(36)22-33(21-28(4)26-43(5,6)10-2)31-19-17-29(18-20-31)27-44(7,8)11-3/h12-20,28,30,33-37H,9-11,21-27H2,1-8H3,(H2-2,41,42,45,46,47,48)/p+1. The first-order valence-corrected chi connectivity index (χ1v) is 18.2. The molecule has 2 aromatic rings. The second-order valence-corrected chi connectivity index (χ2v) is 16.0. The van der Waals surface area contributed by atoms with Gasteiger partial charge < -0.3 is 29.9 Å². The number of amides is 2. The quantitative estimate of drug-likeness (QED) is 0.207. The zero-order valence-corrected chi connectivity index (χ0v) is 30.9. The third-order valence-electron chi connectivity index (χ3n) is 11.2. The second-order valence-electron chi connectivity index (χ2n) is 16.0. The lowest BCUT2D eigenvalue weighted by atomic mass is 9.73. The first kappa shape index (κ1) is 39.2. The Bertz CT molecular complexity index is 1330. The Morgan fingerprint density at radius 3 is 2.06 bits per heavy atom. The van der Waals surface area contributed by atoms with Gasteiger partial charge in [-0.2, -0.15) is 0 Å². The molecule has 1 aliphatic rings. The molecule has 1 aliphatic carbocycles. The second kappa shape index (κ2) is 17.4. The van der Waals surface area contributed by atoms with E-state index in [4.69, 9.17) is 5.73 Å². The molecule has 0 radical (unpaired) electrons. The first-order chi connectivity index (χ1) is 22.6. The summed E-state index contributed by atoms with van der Waals surface area (Å²) in [5.74, 6) is -2.66. The van der Waals surface area contributed by atoms with E-state index in [9.17, 15) is 19.5 Å². The Morgan fingerprint density at radius 1 is 0.896 bits per heavy atom. The molecule has 2 amide bonds. The van der Waals surface area contributed by atoms with Crippen LogP contribution in [0.25, 0.3) is 0 Å². The summed E-state index contributed by atoms with van der Waals surface area (Å²) in [6.45, 7) is 12.7. The van der Waals surface area contributed by atoms with E-state index in [1.165, 1.54) is 11.1 Å². The number of primary amides is 1. The van der Waals surface area contributed by atoms with Crippen LogP contribution in [-0.4, -0.2) is 80.6 Å². The fourth-order valence-corrected chi connectivity index (χ4v) is 7.90. The molecule has 0 heterocycles. The smallest absolute Gasteiger partial charge is 0.251 e. The van der Waals surface area contributed by atoms with Gasteiger partial charge in [-0.25, -0.2) is 0 Å². The highest BCUT2D eigenvalue weighted by molar-refractivity contribution is 5.94. The number of carbonyl (C=O) groups is 3. The van der Waals surface area contributed by atoms with E-state index in [-0.39, 0.29) is 36.1 Å². The largest absolute Gasteiger partial charge is 0.550 e. The average Bonchev–Trinajstić information content (AvgIpc) is 3.42. The van der Waals surface area contributed by atoms with Gasteiger partial charge in [0.2, 0.25) is 5.91 Å². The fourth-order valence-electron chi connectivity index (χ4n) is 7.90. The van der Waals surface area contributed by atoms with Gasteiger partial charge in [-0.15, -0.1) is 0 Å². The molecule has 1 saturated carbocycles. The van der Waals surface area contributed by atoms with Crippen LogP contribution in [0.15, 0.2) is 54.6 Å². The molecular formula is C40H63N4O4+. The number of nitrogens with two attached hydrogens (primary N) is 1. The Balaban J connectivity index is 1.97. The molecule has 3 rings (SSSR count). The normalized spacial score (nSPS) is 20.9. The van der Waals surface area contributed by atoms with Crippen molar-refractivity contribution in [1.82, 2.24) is 5.32 Å². The summed E-state index contributed by atoms with van der Waals surface area (Å²) < 4.78 is 1.85. The van der Waals surface area contributed by atoms with Crippen LogP contribution >= 0.6 is 0 Å². The van der Waals surface area contributed by atoms with Crippen molar-refractivity contribution < 1.29 is 28.5 Å². The van der Waals surface area contributed by atoms with Gasteiger partial charge in [0.15, 0.2) is 0 Å². The number of quaternary nitrogens is 2. The highest BCUT2D eigenvalue weighted by Crippen LogP contribution is 2.46. The Morgan fingerprint density at radius 2 is 1.52 bits per heavy atom. The molecule has 0 spiro atoms. The predicted octanol–water partition coefficient (Wildman–Crippen LogP) is 4.97. The zero-order valence-electron chi connectivity index (χ0n) is 30.9. The van der Waals surface area contributed by atoms with E-state index in [1.807, 2.05) is 25.1 Å². The van der Waals surface area contributed by atoms with Crippen LogP contribution in [0.5, 0.6) is 0 Å². The van der Waals surface area contributed by atoms with Crippen LogP contribution in [0.4, 0.5) is 0 Å². The predicted molar refractivity (Wildman–Crippen MR) is 191 cm³/mol. The summed E-state index contributed by atoms with van der Waals surface area (Å²) in [7, 11) is 9.03. The lowest BCUT2D eigenvalue weighted by Crippen LogP contribution is -2.43. The maximum atomic E-state index is 13.2. The maximum Gasteiger partial charge on any atom is 0.251 e. The molecule has 7 atom stereocenters. The molecule has 2 aromatic carbocycles. The summed E-state index contributed by atoms with van der Waals surface area (Å²) in [5, 5.41) is 16.0. The molecule has 1 fully saturated rings. The summed E-state index contributed by atoms with van der Waals surface area (Å²) in [6, 6.07) is 18.0. The number of aliphatic carboxylic acids is 1. The summed E-state index contributed by atoms with van der Waals surface area (Å²) >= 11 is 0. The Hall–Kier alpha value is -3.23. The van der Waals surface area contributed by atoms with E-state index in [2.05, 4.69) is 78.5 Å². The minimum atomic E-state index is -1.13. The van der Waals surface area contributed by atoms with Gasteiger partial charge in [0, 0.05) is 40.9 Å². The summed E-state index contributed by atoms with van der Waals surface area (Å²) in [5.41, 5.74) is 8.87. The van der Waals surface area contributed by atoms with Crippen molar-refractivity contribution in [2.75, 3.05) is 47.8 Å². The minimum Gasteiger partial charge on any atom is -0.550 e. The van der Waals surface area contributed by atoms with Gasteiger partial charge in [0.05, 0.1) is 47.8 Å². The van der Waals surface area contributed by atoms with E-state index < -0.39 is 23.7 Å². The van der Waals surface area contributed by atoms with Crippen molar-refractivity contribution in [2.45, 2.75) is 84.7 Å². The average molecular weight is 664 g/mol. The molecule has 3 N–H and O–H groups in total. The van der Waals surface area contributed by atoms with Crippen molar-refractivity contribution in [3.8, 4) is 0 Å². The number of nitrogens with one attached hydrogen (secondary N) is 1.